The van der Waals surface area contributed by atoms with Crippen LogP contribution in [-0.2, 0) is 20.9 Å². The van der Waals surface area contributed by atoms with Crippen molar-refractivity contribution in [3.05, 3.63) is 39.9 Å². The predicted molar refractivity (Wildman–Crippen MR) is 83.3 cm³/mol. The lowest BCUT2D eigenvalue weighted by Gasteiger charge is -2.32. The third-order valence-electron chi connectivity index (χ3n) is 3.69. The molecule has 1 aromatic carbocycles. The quantitative estimate of drug-likeness (QED) is 0.317. The van der Waals surface area contributed by atoms with Crippen LogP contribution < -0.4 is 0 Å². The summed E-state index contributed by atoms with van der Waals surface area (Å²) in [6.45, 7) is 3.64. The van der Waals surface area contributed by atoms with Crippen LogP contribution in [0.3, 0.4) is 0 Å². The minimum atomic E-state index is -0.778. The van der Waals surface area contributed by atoms with Gasteiger partial charge in [0.2, 0.25) is 6.41 Å². The number of hydrogen-bond acceptors (Lipinski definition) is 7. The molecule has 9 heteroatoms. The van der Waals surface area contributed by atoms with Crippen LogP contribution in [0.15, 0.2) is 24.3 Å². The van der Waals surface area contributed by atoms with Crippen molar-refractivity contribution in [2.24, 2.45) is 0 Å². The van der Waals surface area contributed by atoms with Gasteiger partial charge in [-0.1, -0.05) is 0 Å². The van der Waals surface area contributed by atoms with E-state index in [1.807, 2.05) is 0 Å². The number of non-ortho nitro benzene ring substituents is 1. The Hall–Kier alpha value is -2.68. The number of nitro benzene ring substituents is 1. The standard InChI is InChI=1S/C15H19N3O6/c19-12-17-7-5-16(6-8-17)9-10-23-15(20)24-11-13-1-3-14(4-2-13)18(21)22/h1-4,12H,5-11H2. The molecule has 1 saturated heterocycles. The number of ether oxygens (including phenoxy) is 2. The van der Waals surface area contributed by atoms with Crippen LogP contribution in [0, 0.1) is 10.1 Å². The Morgan fingerprint density at radius 2 is 1.83 bits per heavy atom. The molecule has 1 aliphatic rings. The Kier molecular flexibility index (Phi) is 6.50. The molecule has 24 heavy (non-hydrogen) atoms. The highest BCUT2D eigenvalue weighted by molar-refractivity contribution is 5.59. The van der Waals surface area contributed by atoms with Gasteiger partial charge in [-0.3, -0.25) is 19.8 Å². The Labute approximate surface area is 138 Å². The zero-order valence-corrected chi connectivity index (χ0v) is 13.1. The molecular formula is C15H19N3O6. The first-order valence-electron chi connectivity index (χ1n) is 7.53. The van der Waals surface area contributed by atoms with Gasteiger partial charge in [0.1, 0.15) is 13.2 Å². The maximum absolute atomic E-state index is 11.5. The summed E-state index contributed by atoms with van der Waals surface area (Å²) in [6, 6.07) is 5.75. The third-order valence-corrected chi connectivity index (χ3v) is 3.69. The van der Waals surface area contributed by atoms with Crippen LogP contribution in [0.2, 0.25) is 0 Å². The molecule has 0 bridgehead atoms. The second kappa shape index (κ2) is 8.82. The summed E-state index contributed by atoms with van der Waals surface area (Å²) in [5, 5.41) is 10.5. The molecule has 1 aromatic rings. The fourth-order valence-electron chi connectivity index (χ4n) is 2.25. The number of nitrogens with zero attached hydrogens (tertiary/aromatic N) is 3. The van der Waals surface area contributed by atoms with E-state index in [4.69, 9.17) is 9.47 Å². The van der Waals surface area contributed by atoms with Gasteiger partial charge < -0.3 is 14.4 Å². The zero-order chi connectivity index (χ0) is 17.4. The summed E-state index contributed by atoms with van der Waals surface area (Å²) in [5.41, 5.74) is 0.624. The smallest absolute Gasteiger partial charge is 0.433 e. The summed E-state index contributed by atoms with van der Waals surface area (Å²) in [6.07, 6.45) is 0.0588. The lowest BCUT2D eigenvalue weighted by molar-refractivity contribution is -0.384. The predicted octanol–water partition coefficient (Wildman–Crippen LogP) is 1.02. The summed E-state index contributed by atoms with van der Waals surface area (Å²) >= 11 is 0. The van der Waals surface area contributed by atoms with Crippen LogP contribution in [-0.4, -0.2) is 66.6 Å². The van der Waals surface area contributed by atoms with Crippen molar-refractivity contribution in [1.29, 1.82) is 0 Å². The molecule has 0 atom stereocenters. The van der Waals surface area contributed by atoms with E-state index in [2.05, 4.69) is 4.90 Å². The van der Waals surface area contributed by atoms with Crippen LogP contribution >= 0.6 is 0 Å². The summed E-state index contributed by atoms with van der Waals surface area (Å²) in [4.78, 5) is 36.0. The molecule has 0 unspecified atom stereocenters. The van der Waals surface area contributed by atoms with Gasteiger partial charge >= 0.3 is 6.16 Å². The second-order valence-corrected chi connectivity index (χ2v) is 5.29. The van der Waals surface area contributed by atoms with Crippen molar-refractivity contribution in [2.45, 2.75) is 6.61 Å². The van der Waals surface area contributed by atoms with E-state index < -0.39 is 11.1 Å². The van der Waals surface area contributed by atoms with Crippen LogP contribution in [0.4, 0.5) is 10.5 Å². The molecular weight excluding hydrogens is 318 g/mol. The highest BCUT2D eigenvalue weighted by Gasteiger charge is 2.15. The number of benzene rings is 1. The fraction of sp³-hybridized carbons (Fsp3) is 0.467. The average molecular weight is 337 g/mol. The zero-order valence-electron chi connectivity index (χ0n) is 13.1. The molecule has 0 saturated carbocycles. The molecule has 2 rings (SSSR count). The number of nitro groups is 1. The molecule has 0 aromatic heterocycles. The van der Waals surface area contributed by atoms with Crippen molar-refractivity contribution in [3.8, 4) is 0 Å². The number of amides is 1. The van der Waals surface area contributed by atoms with Gasteiger partial charge in [-0.15, -0.1) is 0 Å². The Morgan fingerprint density at radius 1 is 1.17 bits per heavy atom. The molecule has 1 aliphatic heterocycles. The van der Waals surface area contributed by atoms with Gasteiger partial charge in [0.05, 0.1) is 4.92 Å². The largest absolute Gasteiger partial charge is 0.508 e. The first-order chi connectivity index (χ1) is 11.6. The molecule has 0 radical (unpaired) electrons. The number of hydrogen-bond donors (Lipinski definition) is 0. The van der Waals surface area contributed by atoms with Crippen LogP contribution in [0.5, 0.6) is 0 Å². The van der Waals surface area contributed by atoms with Crippen molar-refractivity contribution in [3.63, 3.8) is 0 Å². The topological polar surface area (TPSA) is 102 Å². The van der Waals surface area contributed by atoms with E-state index in [-0.39, 0.29) is 18.9 Å². The van der Waals surface area contributed by atoms with Gasteiger partial charge in [-0.2, -0.15) is 0 Å². The Balaban J connectivity index is 1.61. The van der Waals surface area contributed by atoms with E-state index in [1.54, 1.807) is 4.90 Å². The number of piperazine rings is 1. The number of carbonyl (C=O) groups is 2. The normalized spacial score (nSPS) is 14.9. The summed E-state index contributed by atoms with van der Waals surface area (Å²) in [7, 11) is 0. The maximum atomic E-state index is 11.5. The van der Waals surface area contributed by atoms with E-state index in [0.717, 1.165) is 19.5 Å². The van der Waals surface area contributed by atoms with Crippen LogP contribution in [0.25, 0.3) is 0 Å². The van der Waals surface area contributed by atoms with E-state index in [1.165, 1.54) is 24.3 Å². The van der Waals surface area contributed by atoms with Crippen molar-refractivity contribution < 1.29 is 24.0 Å². The minimum absolute atomic E-state index is 0.00512. The highest BCUT2D eigenvalue weighted by Crippen LogP contribution is 2.12. The first kappa shape index (κ1) is 17.7. The number of rotatable bonds is 7. The second-order valence-electron chi connectivity index (χ2n) is 5.29. The molecule has 130 valence electrons. The van der Waals surface area contributed by atoms with Crippen LogP contribution in [0.1, 0.15) is 5.56 Å². The highest BCUT2D eigenvalue weighted by atomic mass is 16.7. The summed E-state index contributed by atoms with van der Waals surface area (Å²) < 4.78 is 9.94. The van der Waals surface area contributed by atoms with E-state index in [9.17, 15) is 19.7 Å². The molecule has 1 amide bonds. The van der Waals surface area contributed by atoms with E-state index in [0.29, 0.717) is 25.2 Å². The van der Waals surface area contributed by atoms with Crippen molar-refractivity contribution in [2.75, 3.05) is 39.3 Å². The van der Waals surface area contributed by atoms with Gasteiger partial charge in [-0.25, -0.2) is 4.79 Å². The summed E-state index contributed by atoms with van der Waals surface area (Å²) in [5.74, 6) is 0. The minimum Gasteiger partial charge on any atom is -0.433 e. The fourth-order valence-corrected chi connectivity index (χ4v) is 2.25. The average Bonchev–Trinajstić information content (AvgIpc) is 2.61. The monoisotopic (exact) mass is 337 g/mol. The van der Waals surface area contributed by atoms with E-state index >= 15 is 0 Å². The molecule has 1 fully saturated rings. The first-order valence-corrected chi connectivity index (χ1v) is 7.53. The molecule has 1 heterocycles. The Morgan fingerprint density at radius 3 is 2.42 bits per heavy atom. The Bertz CT molecular complexity index is 569. The lowest BCUT2D eigenvalue weighted by Crippen LogP contribution is -2.46. The van der Waals surface area contributed by atoms with Gasteiger partial charge in [-0.05, 0) is 17.7 Å². The molecule has 0 aliphatic carbocycles. The SMILES string of the molecule is O=CN1CCN(CCOC(=O)OCc2ccc([N+](=O)[O-])cc2)CC1. The van der Waals surface area contributed by atoms with Crippen molar-refractivity contribution >= 4 is 18.3 Å². The lowest BCUT2D eigenvalue weighted by atomic mass is 10.2. The maximum Gasteiger partial charge on any atom is 0.508 e. The molecule has 9 nitrogen and oxygen atoms in total. The number of carbonyl (C=O) groups excluding carboxylic acids is 2. The van der Waals surface area contributed by atoms with Gasteiger partial charge in [0, 0.05) is 44.9 Å². The third kappa shape index (κ3) is 5.51. The molecule has 0 N–H and O–H groups in total. The van der Waals surface area contributed by atoms with Gasteiger partial charge in [0.15, 0.2) is 0 Å². The molecule has 0 spiro atoms. The van der Waals surface area contributed by atoms with Gasteiger partial charge in [0.25, 0.3) is 5.69 Å². The van der Waals surface area contributed by atoms with Crippen molar-refractivity contribution in [1.82, 2.24) is 9.80 Å².